The molecule has 0 amide bonds. The molecular formula is C16H13NO3. The van der Waals surface area contributed by atoms with Gasteiger partial charge in [-0.2, -0.15) is 0 Å². The minimum atomic E-state index is 0.234. The number of aromatic nitrogens is 1. The largest absolute Gasteiger partial charge is 0.494 e. The average molecular weight is 267 g/mol. The Bertz CT molecular complexity index is 792. The Morgan fingerprint density at radius 2 is 1.75 bits per heavy atom. The molecule has 2 heterocycles. The first kappa shape index (κ1) is 11.2. The van der Waals surface area contributed by atoms with Gasteiger partial charge in [0, 0.05) is 23.0 Å². The maximum Gasteiger partial charge on any atom is 0.203 e. The number of hydrogen-bond donors (Lipinski definition) is 1. The Kier molecular flexibility index (Phi) is 2.36. The van der Waals surface area contributed by atoms with Crippen LogP contribution in [0.15, 0.2) is 48.7 Å². The number of fused-ring (bicyclic) bond motifs is 2. The highest BCUT2D eigenvalue weighted by atomic mass is 16.6. The maximum atomic E-state index is 10.3. The number of benzene rings is 2. The molecule has 1 aliphatic heterocycles. The lowest BCUT2D eigenvalue weighted by Gasteiger charge is -2.19. The fourth-order valence-corrected chi connectivity index (χ4v) is 2.52. The van der Waals surface area contributed by atoms with Crippen molar-refractivity contribution in [2.24, 2.45) is 0 Å². The van der Waals surface area contributed by atoms with Gasteiger partial charge in [0.25, 0.3) is 0 Å². The van der Waals surface area contributed by atoms with Crippen molar-refractivity contribution in [1.29, 1.82) is 0 Å². The van der Waals surface area contributed by atoms with Gasteiger partial charge in [-0.05, 0) is 18.2 Å². The molecule has 0 fully saturated rings. The highest BCUT2D eigenvalue weighted by molar-refractivity contribution is 5.88. The van der Waals surface area contributed by atoms with Crippen LogP contribution in [0.3, 0.4) is 0 Å². The van der Waals surface area contributed by atoms with E-state index in [0.29, 0.717) is 19.0 Å². The molecule has 0 saturated heterocycles. The molecule has 20 heavy (non-hydrogen) atoms. The van der Waals surface area contributed by atoms with Crippen LogP contribution in [0.5, 0.6) is 17.4 Å². The normalized spacial score (nSPS) is 13.6. The second kappa shape index (κ2) is 4.20. The summed E-state index contributed by atoms with van der Waals surface area (Å²) in [4.78, 5) is 0. The van der Waals surface area contributed by atoms with E-state index in [0.717, 1.165) is 22.2 Å². The van der Waals surface area contributed by atoms with Crippen LogP contribution in [0, 0.1) is 0 Å². The first-order valence-corrected chi connectivity index (χ1v) is 6.52. The minimum absolute atomic E-state index is 0.234. The molecule has 2 aromatic carbocycles. The molecule has 1 N–H and O–H groups in total. The van der Waals surface area contributed by atoms with Crippen molar-refractivity contribution in [3.05, 3.63) is 48.7 Å². The van der Waals surface area contributed by atoms with E-state index in [1.165, 1.54) is 0 Å². The van der Waals surface area contributed by atoms with Gasteiger partial charge in [-0.25, -0.2) is 0 Å². The molecule has 0 bridgehead atoms. The average Bonchev–Trinajstić information content (AvgIpc) is 2.84. The van der Waals surface area contributed by atoms with Crippen LogP contribution in [0.1, 0.15) is 0 Å². The molecular weight excluding hydrogens is 254 g/mol. The van der Waals surface area contributed by atoms with E-state index in [-0.39, 0.29) is 5.88 Å². The standard InChI is InChI=1S/C16H13NO3/c18-16-13-4-2-1-3-11(13)10-17(16)12-5-6-14-15(9-12)20-8-7-19-14/h1-6,9-10,18H,7-8H2. The lowest BCUT2D eigenvalue weighted by molar-refractivity contribution is 0.171. The molecule has 0 atom stereocenters. The monoisotopic (exact) mass is 267 g/mol. The van der Waals surface area contributed by atoms with Gasteiger partial charge in [-0.15, -0.1) is 0 Å². The van der Waals surface area contributed by atoms with Gasteiger partial charge in [0.1, 0.15) is 13.2 Å². The SMILES string of the molecule is Oc1c2ccccc2cn1-c1ccc2c(c1)OCCO2. The van der Waals surface area contributed by atoms with Crippen molar-refractivity contribution in [3.8, 4) is 23.1 Å². The number of rotatable bonds is 1. The summed E-state index contributed by atoms with van der Waals surface area (Å²) in [6, 6.07) is 13.4. The zero-order valence-electron chi connectivity index (χ0n) is 10.7. The summed E-state index contributed by atoms with van der Waals surface area (Å²) in [6.07, 6.45) is 1.91. The Balaban J connectivity index is 1.88. The maximum absolute atomic E-state index is 10.3. The van der Waals surface area contributed by atoms with Gasteiger partial charge in [-0.1, -0.05) is 18.2 Å². The predicted molar refractivity (Wildman–Crippen MR) is 75.9 cm³/mol. The Morgan fingerprint density at radius 1 is 0.950 bits per heavy atom. The first-order valence-electron chi connectivity index (χ1n) is 6.52. The molecule has 1 aliphatic rings. The van der Waals surface area contributed by atoms with E-state index in [1.807, 2.05) is 48.7 Å². The van der Waals surface area contributed by atoms with E-state index in [9.17, 15) is 5.11 Å². The summed E-state index contributed by atoms with van der Waals surface area (Å²) < 4.78 is 12.8. The summed E-state index contributed by atoms with van der Waals surface area (Å²) in [5.41, 5.74) is 0.850. The number of nitrogens with zero attached hydrogens (tertiary/aromatic N) is 1. The molecule has 4 rings (SSSR count). The molecule has 3 aromatic rings. The van der Waals surface area contributed by atoms with Crippen molar-refractivity contribution in [1.82, 2.24) is 4.57 Å². The molecule has 0 radical (unpaired) electrons. The number of aromatic hydroxyl groups is 1. The van der Waals surface area contributed by atoms with Gasteiger partial charge in [-0.3, -0.25) is 4.57 Å². The van der Waals surface area contributed by atoms with Crippen molar-refractivity contribution in [2.75, 3.05) is 13.2 Å². The number of hydrogen-bond acceptors (Lipinski definition) is 3. The fourth-order valence-electron chi connectivity index (χ4n) is 2.52. The third-order valence-electron chi connectivity index (χ3n) is 3.50. The lowest BCUT2D eigenvalue weighted by atomic mass is 10.2. The molecule has 4 heteroatoms. The van der Waals surface area contributed by atoms with Crippen LogP contribution in [0.25, 0.3) is 16.5 Å². The lowest BCUT2D eigenvalue weighted by Crippen LogP contribution is -2.15. The van der Waals surface area contributed by atoms with Gasteiger partial charge in [0.05, 0.1) is 5.69 Å². The smallest absolute Gasteiger partial charge is 0.203 e. The summed E-state index contributed by atoms with van der Waals surface area (Å²) in [5, 5.41) is 12.2. The summed E-state index contributed by atoms with van der Waals surface area (Å²) in [7, 11) is 0. The quantitative estimate of drug-likeness (QED) is 0.736. The van der Waals surface area contributed by atoms with Crippen molar-refractivity contribution in [2.45, 2.75) is 0 Å². The fraction of sp³-hybridized carbons (Fsp3) is 0.125. The van der Waals surface area contributed by atoms with E-state index < -0.39 is 0 Å². The predicted octanol–water partition coefficient (Wildman–Crippen LogP) is 3.11. The van der Waals surface area contributed by atoms with Crippen LogP contribution in [-0.4, -0.2) is 22.9 Å². The summed E-state index contributed by atoms with van der Waals surface area (Å²) >= 11 is 0. The second-order valence-corrected chi connectivity index (χ2v) is 4.74. The highest BCUT2D eigenvalue weighted by Crippen LogP contribution is 2.35. The molecule has 1 aromatic heterocycles. The second-order valence-electron chi connectivity index (χ2n) is 4.74. The zero-order chi connectivity index (χ0) is 13.5. The Labute approximate surface area is 115 Å². The molecule has 4 nitrogen and oxygen atoms in total. The summed E-state index contributed by atoms with van der Waals surface area (Å²) in [5.74, 6) is 1.69. The Morgan fingerprint density at radius 3 is 2.60 bits per heavy atom. The molecule has 0 aliphatic carbocycles. The van der Waals surface area contributed by atoms with Crippen LogP contribution in [-0.2, 0) is 0 Å². The molecule has 0 spiro atoms. The van der Waals surface area contributed by atoms with E-state index in [2.05, 4.69) is 0 Å². The van der Waals surface area contributed by atoms with E-state index >= 15 is 0 Å². The van der Waals surface area contributed by atoms with E-state index in [1.54, 1.807) is 4.57 Å². The van der Waals surface area contributed by atoms with Gasteiger partial charge >= 0.3 is 0 Å². The van der Waals surface area contributed by atoms with Crippen molar-refractivity contribution >= 4 is 10.8 Å². The molecule has 0 saturated carbocycles. The first-order chi connectivity index (χ1) is 9.83. The topological polar surface area (TPSA) is 43.6 Å². The van der Waals surface area contributed by atoms with Crippen LogP contribution >= 0.6 is 0 Å². The van der Waals surface area contributed by atoms with Gasteiger partial charge in [0.15, 0.2) is 11.5 Å². The molecule has 0 unspecified atom stereocenters. The minimum Gasteiger partial charge on any atom is -0.494 e. The van der Waals surface area contributed by atoms with E-state index in [4.69, 9.17) is 9.47 Å². The van der Waals surface area contributed by atoms with Gasteiger partial charge in [0.2, 0.25) is 5.88 Å². The van der Waals surface area contributed by atoms with Crippen LogP contribution in [0.4, 0.5) is 0 Å². The van der Waals surface area contributed by atoms with Crippen LogP contribution < -0.4 is 9.47 Å². The third kappa shape index (κ3) is 1.61. The van der Waals surface area contributed by atoms with Crippen molar-refractivity contribution in [3.63, 3.8) is 0 Å². The number of ether oxygens (including phenoxy) is 2. The summed E-state index contributed by atoms with van der Waals surface area (Å²) in [6.45, 7) is 1.13. The van der Waals surface area contributed by atoms with Crippen molar-refractivity contribution < 1.29 is 14.6 Å². The highest BCUT2D eigenvalue weighted by Gasteiger charge is 2.14. The van der Waals surface area contributed by atoms with Crippen LogP contribution in [0.2, 0.25) is 0 Å². The van der Waals surface area contributed by atoms with Gasteiger partial charge < -0.3 is 14.6 Å². The third-order valence-corrected chi connectivity index (χ3v) is 3.50. The molecule has 100 valence electrons. The zero-order valence-corrected chi connectivity index (χ0v) is 10.7. The Hall–Kier alpha value is -2.62.